The Bertz CT molecular complexity index is 316. The van der Waals surface area contributed by atoms with Crippen LogP contribution in [-0.2, 0) is 0 Å². The van der Waals surface area contributed by atoms with Crippen LogP contribution in [0.3, 0.4) is 0 Å². The summed E-state index contributed by atoms with van der Waals surface area (Å²) in [6, 6.07) is 5.93. The van der Waals surface area contributed by atoms with Crippen molar-refractivity contribution in [3.8, 4) is 0 Å². The fraction of sp³-hybridized carbons (Fsp3) is 0.455. The highest BCUT2D eigenvalue weighted by Crippen LogP contribution is 2.40. The minimum Gasteiger partial charge on any atom is -0.324 e. The molecule has 2 rings (SSSR count). The van der Waals surface area contributed by atoms with E-state index in [-0.39, 0.29) is 6.04 Å². The van der Waals surface area contributed by atoms with E-state index in [1.165, 1.54) is 19.3 Å². The average molecular weight is 275 g/mol. The van der Waals surface area contributed by atoms with Gasteiger partial charge in [-0.2, -0.15) is 0 Å². The molecule has 1 aliphatic rings. The molecule has 1 aliphatic carbocycles. The van der Waals surface area contributed by atoms with E-state index in [0.717, 1.165) is 15.1 Å². The molecular weight excluding hydrogens is 261 g/mol. The quantitative estimate of drug-likeness (QED) is 0.869. The Kier molecular flexibility index (Phi) is 3.15. The van der Waals surface area contributed by atoms with E-state index >= 15 is 0 Å². The van der Waals surface area contributed by atoms with Crippen LogP contribution in [0.1, 0.15) is 30.9 Å². The Hall–Kier alpha value is -0.0500. The predicted octanol–water partition coefficient (Wildman–Crippen LogP) is 3.90. The Morgan fingerprint density at radius 2 is 2.14 bits per heavy atom. The molecule has 0 amide bonds. The van der Waals surface area contributed by atoms with Gasteiger partial charge in [0.15, 0.2) is 0 Å². The van der Waals surface area contributed by atoms with Gasteiger partial charge in [0.25, 0.3) is 0 Å². The molecule has 0 aliphatic heterocycles. The van der Waals surface area contributed by atoms with E-state index in [4.69, 9.17) is 17.3 Å². The first-order chi connectivity index (χ1) is 6.70. The smallest absolute Gasteiger partial charge is 0.0465 e. The lowest BCUT2D eigenvalue weighted by Gasteiger charge is -2.32. The Balaban J connectivity index is 2.29. The molecule has 1 fully saturated rings. The summed E-state index contributed by atoms with van der Waals surface area (Å²) in [5.74, 6) is 0.617. The van der Waals surface area contributed by atoms with Gasteiger partial charge in [-0.25, -0.2) is 0 Å². The SMILES string of the molecule is N[C@@H](c1c(Cl)cccc1Br)C1CCC1. The van der Waals surface area contributed by atoms with Gasteiger partial charge < -0.3 is 5.73 Å². The first-order valence-corrected chi connectivity index (χ1v) is 6.06. The van der Waals surface area contributed by atoms with Gasteiger partial charge in [-0.05, 0) is 30.9 Å². The highest BCUT2D eigenvalue weighted by atomic mass is 79.9. The molecular formula is C11H13BrClN. The summed E-state index contributed by atoms with van der Waals surface area (Å²) in [6.45, 7) is 0. The minimum atomic E-state index is 0.0897. The fourth-order valence-electron chi connectivity index (χ4n) is 1.86. The van der Waals surface area contributed by atoms with Crippen LogP contribution in [0.4, 0.5) is 0 Å². The third-order valence-electron chi connectivity index (χ3n) is 2.99. The van der Waals surface area contributed by atoms with Gasteiger partial charge in [-0.15, -0.1) is 0 Å². The van der Waals surface area contributed by atoms with Crippen LogP contribution in [0.25, 0.3) is 0 Å². The van der Waals surface area contributed by atoms with Gasteiger partial charge in [-0.3, -0.25) is 0 Å². The summed E-state index contributed by atoms with van der Waals surface area (Å²) in [5.41, 5.74) is 7.26. The molecule has 76 valence electrons. The largest absolute Gasteiger partial charge is 0.324 e. The molecule has 0 saturated heterocycles. The first-order valence-electron chi connectivity index (χ1n) is 4.89. The van der Waals surface area contributed by atoms with Crippen molar-refractivity contribution in [3.05, 3.63) is 33.3 Å². The van der Waals surface area contributed by atoms with Gasteiger partial charge in [0.2, 0.25) is 0 Å². The summed E-state index contributed by atoms with van der Waals surface area (Å²) in [4.78, 5) is 0. The first kappa shape index (κ1) is 10.5. The van der Waals surface area contributed by atoms with E-state index in [2.05, 4.69) is 15.9 Å². The molecule has 14 heavy (non-hydrogen) atoms. The molecule has 1 aromatic rings. The Morgan fingerprint density at radius 1 is 1.43 bits per heavy atom. The molecule has 1 aromatic carbocycles. The maximum Gasteiger partial charge on any atom is 0.0465 e. The lowest BCUT2D eigenvalue weighted by molar-refractivity contribution is 0.264. The second-order valence-electron chi connectivity index (χ2n) is 3.85. The monoisotopic (exact) mass is 273 g/mol. The maximum absolute atomic E-state index is 6.19. The highest BCUT2D eigenvalue weighted by Gasteiger charge is 2.27. The number of hydrogen-bond acceptors (Lipinski definition) is 1. The van der Waals surface area contributed by atoms with Gasteiger partial charge >= 0.3 is 0 Å². The van der Waals surface area contributed by atoms with Crippen molar-refractivity contribution in [1.29, 1.82) is 0 Å². The van der Waals surface area contributed by atoms with Crippen LogP contribution >= 0.6 is 27.5 Å². The fourth-order valence-corrected chi connectivity index (χ4v) is 2.91. The van der Waals surface area contributed by atoms with Crippen molar-refractivity contribution in [2.24, 2.45) is 11.7 Å². The Morgan fingerprint density at radius 3 is 2.64 bits per heavy atom. The zero-order valence-electron chi connectivity index (χ0n) is 7.84. The number of rotatable bonds is 2. The molecule has 1 nitrogen and oxygen atoms in total. The molecule has 1 saturated carbocycles. The lowest BCUT2D eigenvalue weighted by Crippen LogP contribution is -2.27. The molecule has 3 heteroatoms. The topological polar surface area (TPSA) is 26.0 Å². The molecule has 0 radical (unpaired) electrons. The van der Waals surface area contributed by atoms with Crippen molar-refractivity contribution >= 4 is 27.5 Å². The third-order valence-corrected chi connectivity index (χ3v) is 4.01. The van der Waals surface area contributed by atoms with Crippen molar-refractivity contribution in [2.75, 3.05) is 0 Å². The molecule has 2 N–H and O–H groups in total. The number of hydrogen-bond donors (Lipinski definition) is 1. The third kappa shape index (κ3) is 1.83. The van der Waals surface area contributed by atoms with Crippen LogP contribution in [0.2, 0.25) is 5.02 Å². The molecule has 0 spiro atoms. The van der Waals surface area contributed by atoms with E-state index in [9.17, 15) is 0 Å². The summed E-state index contributed by atoms with van der Waals surface area (Å²) in [5, 5.41) is 0.777. The normalized spacial score (nSPS) is 19.1. The van der Waals surface area contributed by atoms with Gasteiger partial charge in [0, 0.05) is 21.1 Å². The predicted molar refractivity (Wildman–Crippen MR) is 63.4 cm³/mol. The number of nitrogens with two attached hydrogens (primary N) is 1. The summed E-state index contributed by atoms with van der Waals surface area (Å²) >= 11 is 9.64. The highest BCUT2D eigenvalue weighted by molar-refractivity contribution is 9.10. The molecule has 0 heterocycles. The minimum absolute atomic E-state index is 0.0897. The van der Waals surface area contributed by atoms with Crippen LogP contribution in [0.5, 0.6) is 0 Å². The zero-order chi connectivity index (χ0) is 10.1. The number of halogens is 2. The van der Waals surface area contributed by atoms with E-state index in [1.807, 2.05) is 18.2 Å². The van der Waals surface area contributed by atoms with Crippen LogP contribution in [-0.4, -0.2) is 0 Å². The van der Waals surface area contributed by atoms with Crippen LogP contribution < -0.4 is 5.73 Å². The molecule has 0 aromatic heterocycles. The van der Waals surface area contributed by atoms with Crippen molar-refractivity contribution < 1.29 is 0 Å². The van der Waals surface area contributed by atoms with Crippen LogP contribution in [0, 0.1) is 5.92 Å². The van der Waals surface area contributed by atoms with E-state index in [1.54, 1.807) is 0 Å². The van der Waals surface area contributed by atoms with E-state index < -0.39 is 0 Å². The molecule has 1 atom stereocenters. The van der Waals surface area contributed by atoms with Gasteiger partial charge in [-0.1, -0.05) is 40.0 Å². The maximum atomic E-state index is 6.19. The average Bonchev–Trinajstić information content (AvgIpc) is 2.00. The molecule has 0 bridgehead atoms. The van der Waals surface area contributed by atoms with Gasteiger partial charge in [0.1, 0.15) is 0 Å². The summed E-state index contributed by atoms with van der Waals surface area (Å²) in [7, 11) is 0. The van der Waals surface area contributed by atoms with Crippen molar-refractivity contribution in [3.63, 3.8) is 0 Å². The zero-order valence-corrected chi connectivity index (χ0v) is 10.2. The second-order valence-corrected chi connectivity index (χ2v) is 5.11. The second kappa shape index (κ2) is 4.21. The standard InChI is InChI=1S/C11H13BrClN/c12-8-5-2-6-9(13)10(8)11(14)7-3-1-4-7/h2,5-7,11H,1,3-4,14H2/t11-/m1/s1. The summed E-state index contributed by atoms with van der Waals surface area (Å²) in [6.07, 6.45) is 3.78. The number of benzene rings is 1. The lowest BCUT2D eigenvalue weighted by atomic mass is 9.77. The summed E-state index contributed by atoms with van der Waals surface area (Å²) < 4.78 is 1.03. The van der Waals surface area contributed by atoms with E-state index in [0.29, 0.717) is 5.92 Å². The Labute approximate surface area is 97.8 Å². The molecule has 0 unspecified atom stereocenters. The van der Waals surface area contributed by atoms with Crippen molar-refractivity contribution in [2.45, 2.75) is 25.3 Å². The van der Waals surface area contributed by atoms with Gasteiger partial charge in [0.05, 0.1) is 0 Å². The van der Waals surface area contributed by atoms with Crippen molar-refractivity contribution in [1.82, 2.24) is 0 Å². The van der Waals surface area contributed by atoms with Crippen LogP contribution in [0.15, 0.2) is 22.7 Å².